The summed E-state index contributed by atoms with van der Waals surface area (Å²) in [5, 5.41) is 12.2. The molecule has 0 spiro atoms. The molecule has 26 heavy (non-hydrogen) atoms. The van der Waals surface area contributed by atoms with Crippen LogP contribution in [-0.2, 0) is 16.0 Å². The lowest BCUT2D eigenvalue weighted by Gasteiger charge is -2.07. The SMILES string of the molecule is CCOC(=O)C1CCc2sc(NC(=O)c3cc(-c4cccs4)[nH]n3)nc21. The van der Waals surface area contributed by atoms with E-state index >= 15 is 0 Å². The van der Waals surface area contributed by atoms with E-state index < -0.39 is 0 Å². The molecule has 0 saturated heterocycles. The Labute approximate surface area is 157 Å². The van der Waals surface area contributed by atoms with Gasteiger partial charge in [0, 0.05) is 4.88 Å². The highest BCUT2D eigenvalue weighted by atomic mass is 32.1. The monoisotopic (exact) mass is 388 g/mol. The highest BCUT2D eigenvalue weighted by molar-refractivity contribution is 7.16. The zero-order valence-electron chi connectivity index (χ0n) is 13.9. The smallest absolute Gasteiger partial charge is 0.315 e. The topological polar surface area (TPSA) is 97.0 Å². The van der Waals surface area contributed by atoms with E-state index in [1.807, 2.05) is 17.5 Å². The third-order valence-corrected chi connectivity index (χ3v) is 6.06. The summed E-state index contributed by atoms with van der Waals surface area (Å²) >= 11 is 2.97. The third-order valence-electron chi connectivity index (χ3n) is 4.11. The summed E-state index contributed by atoms with van der Waals surface area (Å²) < 4.78 is 5.11. The van der Waals surface area contributed by atoms with Crippen molar-refractivity contribution in [3.05, 3.63) is 39.8 Å². The summed E-state index contributed by atoms with van der Waals surface area (Å²) in [6, 6.07) is 5.61. The molecule has 0 saturated carbocycles. The first-order chi connectivity index (χ1) is 12.7. The molecule has 134 valence electrons. The molecular weight excluding hydrogens is 372 g/mol. The van der Waals surface area contributed by atoms with Gasteiger partial charge in [0.05, 0.1) is 22.9 Å². The molecule has 7 nitrogen and oxygen atoms in total. The van der Waals surface area contributed by atoms with Crippen LogP contribution in [0.2, 0.25) is 0 Å². The van der Waals surface area contributed by atoms with E-state index in [-0.39, 0.29) is 17.8 Å². The van der Waals surface area contributed by atoms with Crippen molar-refractivity contribution in [2.45, 2.75) is 25.7 Å². The van der Waals surface area contributed by atoms with Crippen molar-refractivity contribution in [3.8, 4) is 10.6 Å². The number of aromatic amines is 1. The molecule has 3 heterocycles. The van der Waals surface area contributed by atoms with Crippen molar-refractivity contribution in [1.82, 2.24) is 15.2 Å². The number of nitrogens with one attached hydrogen (secondary N) is 2. The Morgan fingerprint density at radius 2 is 2.35 bits per heavy atom. The summed E-state index contributed by atoms with van der Waals surface area (Å²) in [6.07, 6.45) is 1.49. The summed E-state index contributed by atoms with van der Waals surface area (Å²) in [5.41, 5.74) is 1.82. The minimum atomic E-state index is -0.331. The normalized spacial score (nSPS) is 15.7. The summed E-state index contributed by atoms with van der Waals surface area (Å²) in [5.74, 6) is -0.908. The van der Waals surface area contributed by atoms with Crippen molar-refractivity contribution in [1.29, 1.82) is 0 Å². The predicted molar refractivity (Wildman–Crippen MR) is 99.7 cm³/mol. The van der Waals surface area contributed by atoms with Crippen molar-refractivity contribution in [2.75, 3.05) is 11.9 Å². The molecule has 1 atom stereocenters. The number of thiophene rings is 1. The van der Waals surface area contributed by atoms with Gasteiger partial charge in [0.1, 0.15) is 5.92 Å². The Bertz CT molecular complexity index is 945. The average molecular weight is 388 g/mol. The van der Waals surface area contributed by atoms with Crippen molar-refractivity contribution in [3.63, 3.8) is 0 Å². The van der Waals surface area contributed by atoms with Crippen LogP contribution < -0.4 is 5.32 Å². The minimum Gasteiger partial charge on any atom is -0.465 e. The number of thiazole rings is 1. The van der Waals surface area contributed by atoms with E-state index in [9.17, 15) is 9.59 Å². The first kappa shape index (κ1) is 16.9. The Balaban J connectivity index is 1.48. The minimum absolute atomic E-state index is 0.248. The highest BCUT2D eigenvalue weighted by Crippen LogP contribution is 2.39. The van der Waals surface area contributed by atoms with Gasteiger partial charge in [0.25, 0.3) is 5.91 Å². The third kappa shape index (κ3) is 3.15. The second-order valence-electron chi connectivity index (χ2n) is 5.77. The molecule has 9 heteroatoms. The number of fused-ring (bicyclic) bond motifs is 1. The number of hydrogen-bond donors (Lipinski definition) is 2. The van der Waals surface area contributed by atoms with Crippen LogP contribution >= 0.6 is 22.7 Å². The number of rotatable bonds is 5. The van der Waals surface area contributed by atoms with Gasteiger partial charge in [-0.05, 0) is 37.3 Å². The molecule has 1 aliphatic rings. The first-order valence-corrected chi connectivity index (χ1v) is 9.92. The van der Waals surface area contributed by atoms with Gasteiger partial charge in [-0.1, -0.05) is 6.07 Å². The number of aromatic nitrogens is 3. The van der Waals surface area contributed by atoms with E-state index in [4.69, 9.17) is 4.74 Å². The molecule has 3 aromatic rings. The van der Waals surface area contributed by atoms with Crippen LogP contribution in [0.1, 0.15) is 40.3 Å². The van der Waals surface area contributed by atoms with Gasteiger partial charge >= 0.3 is 5.97 Å². The van der Waals surface area contributed by atoms with Crippen molar-refractivity contribution in [2.24, 2.45) is 0 Å². The van der Waals surface area contributed by atoms with Crippen LogP contribution in [0.5, 0.6) is 0 Å². The molecule has 2 N–H and O–H groups in total. The molecule has 0 bridgehead atoms. The molecular formula is C17H16N4O3S2. The Hall–Kier alpha value is -2.52. The number of H-pyrrole nitrogens is 1. The number of anilines is 1. The highest BCUT2D eigenvalue weighted by Gasteiger charge is 2.33. The quantitative estimate of drug-likeness (QED) is 0.653. The van der Waals surface area contributed by atoms with Gasteiger partial charge < -0.3 is 4.74 Å². The lowest BCUT2D eigenvalue weighted by atomic mass is 10.1. The Morgan fingerprint density at radius 3 is 3.12 bits per heavy atom. The van der Waals surface area contributed by atoms with Gasteiger partial charge in [-0.15, -0.1) is 22.7 Å². The second-order valence-corrected chi connectivity index (χ2v) is 7.80. The van der Waals surface area contributed by atoms with Gasteiger partial charge in [0.15, 0.2) is 10.8 Å². The maximum absolute atomic E-state index is 12.4. The zero-order valence-corrected chi connectivity index (χ0v) is 15.6. The van der Waals surface area contributed by atoms with Crippen LogP contribution in [0.15, 0.2) is 23.6 Å². The average Bonchev–Trinajstić information content (AvgIpc) is 3.37. The van der Waals surface area contributed by atoms with E-state index in [1.54, 1.807) is 24.3 Å². The van der Waals surface area contributed by atoms with E-state index in [1.165, 1.54) is 11.3 Å². The number of hydrogen-bond acceptors (Lipinski definition) is 7. The van der Waals surface area contributed by atoms with Crippen LogP contribution in [0.3, 0.4) is 0 Å². The Kier molecular flexibility index (Phi) is 4.56. The summed E-state index contributed by atoms with van der Waals surface area (Å²) in [4.78, 5) is 30.9. The number of esters is 1. The summed E-state index contributed by atoms with van der Waals surface area (Å²) in [7, 11) is 0. The number of amides is 1. The summed E-state index contributed by atoms with van der Waals surface area (Å²) in [6.45, 7) is 2.14. The van der Waals surface area contributed by atoms with Gasteiger partial charge in [-0.2, -0.15) is 5.10 Å². The number of carbonyl (C=O) groups is 2. The van der Waals surface area contributed by atoms with Crippen molar-refractivity contribution >= 4 is 39.7 Å². The first-order valence-electron chi connectivity index (χ1n) is 8.22. The number of ether oxygens (including phenoxy) is 1. The van der Waals surface area contributed by atoms with Crippen LogP contribution in [0.4, 0.5) is 5.13 Å². The van der Waals surface area contributed by atoms with E-state index in [0.29, 0.717) is 23.9 Å². The van der Waals surface area contributed by atoms with Gasteiger partial charge in [0.2, 0.25) is 0 Å². The molecule has 0 aliphatic heterocycles. The van der Waals surface area contributed by atoms with Gasteiger partial charge in [-0.25, -0.2) is 4.98 Å². The largest absolute Gasteiger partial charge is 0.465 e. The fourth-order valence-corrected chi connectivity index (χ4v) is 4.64. The zero-order chi connectivity index (χ0) is 18.1. The van der Waals surface area contributed by atoms with Crippen molar-refractivity contribution < 1.29 is 14.3 Å². The number of carbonyl (C=O) groups excluding carboxylic acids is 2. The molecule has 1 unspecified atom stereocenters. The lowest BCUT2D eigenvalue weighted by molar-refractivity contribution is -0.145. The Morgan fingerprint density at radius 1 is 1.46 bits per heavy atom. The standard InChI is InChI=1S/C17H16N4O3S2/c1-2-24-16(23)9-5-6-13-14(9)18-17(26-13)19-15(22)11-8-10(20-21-11)12-4-3-7-25-12/h3-4,7-9H,2,5-6H2,1H3,(H,20,21)(H,18,19,22). The van der Waals surface area contributed by atoms with Crippen LogP contribution in [0, 0.1) is 0 Å². The maximum atomic E-state index is 12.4. The molecule has 0 aromatic carbocycles. The molecule has 0 radical (unpaired) electrons. The number of nitrogens with zero attached hydrogens (tertiary/aromatic N) is 2. The van der Waals surface area contributed by atoms with Crippen LogP contribution in [-0.4, -0.2) is 33.7 Å². The fourth-order valence-electron chi connectivity index (χ4n) is 2.91. The molecule has 3 aromatic heterocycles. The molecule has 0 fully saturated rings. The predicted octanol–water partition coefficient (Wildman–Crippen LogP) is 3.44. The number of aryl methyl sites for hydroxylation is 1. The molecule has 1 aliphatic carbocycles. The second kappa shape index (κ2) is 7.00. The van der Waals surface area contributed by atoms with E-state index in [0.717, 1.165) is 27.6 Å². The molecule has 1 amide bonds. The fraction of sp³-hybridized carbons (Fsp3) is 0.294. The molecule has 4 rings (SSSR count). The van der Waals surface area contributed by atoms with E-state index in [2.05, 4.69) is 20.5 Å². The van der Waals surface area contributed by atoms with Gasteiger partial charge in [-0.3, -0.25) is 20.0 Å². The van der Waals surface area contributed by atoms with Crippen LogP contribution in [0.25, 0.3) is 10.6 Å². The maximum Gasteiger partial charge on any atom is 0.315 e. The lowest BCUT2D eigenvalue weighted by Crippen LogP contribution is -2.15.